The first-order valence-corrected chi connectivity index (χ1v) is 29.9. The maximum atomic E-state index is 13.5. The lowest BCUT2D eigenvalue weighted by molar-refractivity contribution is -0.870. The van der Waals surface area contributed by atoms with E-state index in [1.165, 1.54) is 77.0 Å². The molecule has 0 aromatic carbocycles. The van der Waals surface area contributed by atoms with Crippen molar-refractivity contribution in [2.24, 2.45) is 0 Å². The number of phosphoric ester groups is 1. The number of likely N-dealkylation sites (N-methyl/N-ethyl adjacent to an activating group) is 1. The Balaban J connectivity index is 5.51. The number of carbonyl (C=O) groups excluding carboxylic acids is 2. The van der Waals surface area contributed by atoms with Crippen molar-refractivity contribution in [1.82, 2.24) is 5.32 Å². The molecular formula is C62H106N2O7P+. The van der Waals surface area contributed by atoms with Crippen molar-refractivity contribution >= 4 is 19.7 Å². The molecule has 3 atom stereocenters. The molecule has 0 bridgehead atoms. The zero-order valence-electron chi connectivity index (χ0n) is 46.6. The third-order valence-corrected chi connectivity index (χ3v) is 12.8. The van der Waals surface area contributed by atoms with Gasteiger partial charge < -0.3 is 19.4 Å². The van der Waals surface area contributed by atoms with Gasteiger partial charge in [0.05, 0.1) is 33.8 Å². The number of esters is 1. The van der Waals surface area contributed by atoms with Crippen LogP contribution in [0.5, 0.6) is 0 Å². The summed E-state index contributed by atoms with van der Waals surface area (Å²) in [5.41, 5.74) is 0. The minimum atomic E-state index is -4.47. The van der Waals surface area contributed by atoms with Crippen molar-refractivity contribution in [1.29, 1.82) is 0 Å². The number of amides is 1. The number of ether oxygens (including phenoxy) is 1. The Labute approximate surface area is 442 Å². The summed E-state index contributed by atoms with van der Waals surface area (Å²) >= 11 is 0. The Kier molecular flexibility index (Phi) is 48.4. The number of allylic oxidation sites excluding steroid dienone is 19. The summed E-state index contributed by atoms with van der Waals surface area (Å²) in [5.74, 6) is -0.593. The van der Waals surface area contributed by atoms with E-state index >= 15 is 0 Å². The van der Waals surface area contributed by atoms with Gasteiger partial charge in [-0.25, -0.2) is 4.57 Å². The Morgan fingerprint density at radius 3 is 1.50 bits per heavy atom. The number of nitrogens with one attached hydrogen (secondary N) is 1. The first kappa shape index (κ1) is 68.4. The van der Waals surface area contributed by atoms with E-state index in [4.69, 9.17) is 13.8 Å². The standard InChI is InChI=1S/C62H105N2O7P/c1-7-10-13-16-19-22-25-28-30-32-34-36-39-42-45-48-51-54-61(65)63-59(58-70-72(67,68)69-57-56-64(4,5)6)60(53-50-47-44-41-38-27-24-21-18-15-12-9-3)71-62(66)55-52-49-46-43-40-37-35-33-31-29-26-23-20-17-14-11-8-2/h10,13,16,19-20,22-23,25,28-32,34-37,39,50,53,59-60H,7-9,11-12,14-15,17-18,21,24,26-27,33,38,40-49,51-52,54-58H2,1-6H3,(H-,63,65,67,68)/p+1/b13-10-,19-16+,23-20-,25-22+,30-28-,31-29-,34-32+,37-35-,39-36+,53-50+. The van der Waals surface area contributed by atoms with E-state index in [9.17, 15) is 19.0 Å². The van der Waals surface area contributed by atoms with Gasteiger partial charge in [0.25, 0.3) is 0 Å². The Hall–Kier alpha value is -3.59. The van der Waals surface area contributed by atoms with Gasteiger partial charge in [0, 0.05) is 12.8 Å². The first-order valence-electron chi connectivity index (χ1n) is 28.4. The number of nitrogens with zero attached hydrogens (tertiary/aromatic N) is 1. The zero-order chi connectivity index (χ0) is 52.9. The normalized spacial score (nSPS) is 14.7. The lowest BCUT2D eigenvalue weighted by Gasteiger charge is -2.27. The smallest absolute Gasteiger partial charge is 0.456 e. The topological polar surface area (TPSA) is 111 Å². The van der Waals surface area contributed by atoms with E-state index in [1.807, 2.05) is 94.1 Å². The molecule has 0 rings (SSSR count). The summed E-state index contributed by atoms with van der Waals surface area (Å²) in [6.45, 7) is 6.75. The van der Waals surface area contributed by atoms with Crippen LogP contribution in [0, 0.1) is 0 Å². The van der Waals surface area contributed by atoms with Gasteiger partial charge in [-0.05, 0) is 89.5 Å². The predicted octanol–water partition coefficient (Wildman–Crippen LogP) is 17.2. The maximum absolute atomic E-state index is 13.5. The fourth-order valence-electron chi connectivity index (χ4n) is 7.39. The van der Waals surface area contributed by atoms with Gasteiger partial charge in [-0.1, -0.05) is 226 Å². The highest BCUT2D eigenvalue weighted by Crippen LogP contribution is 2.43. The summed E-state index contributed by atoms with van der Waals surface area (Å²) in [6.07, 6.45) is 70.5. The van der Waals surface area contributed by atoms with Crippen LogP contribution in [0.15, 0.2) is 122 Å². The highest BCUT2D eigenvalue weighted by molar-refractivity contribution is 7.47. The average molecular weight is 1020 g/mol. The minimum absolute atomic E-state index is 0.0201. The number of rotatable bonds is 49. The molecule has 0 aliphatic carbocycles. The molecule has 72 heavy (non-hydrogen) atoms. The lowest BCUT2D eigenvalue weighted by Crippen LogP contribution is -2.47. The van der Waals surface area contributed by atoms with Crippen LogP contribution >= 0.6 is 7.82 Å². The van der Waals surface area contributed by atoms with Crippen LogP contribution in [-0.2, 0) is 27.9 Å². The second-order valence-corrected chi connectivity index (χ2v) is 21.3. The molecule has 9 nitrogen and oxygen atoms in total. The second-order valence-electron chi connectivity index (χ2n) is 19.9. The molecule has 1 amide bonds. The van der Waals surface area contributed by atoms with Crippen LogP contribution in [0.4, 0.5) is 0 Å². The summed E-state index contributed by atoms with van der Waals surface area (Å²) in [5, 5.41) is 3.01. The van der Waals surface area contributed by atoms with Gasteiger partial charge in [-0.15, -0.1) is 0 Å². The molecule has 0 spiro atoms. The van der Waals surface area contributed by atoms with Crippen molar-refractivity contribution in [2.75, 3.05) is 40.9 Å². The Bertz CT molecular complexity index is 1650. The van der Waals surface area contributed by atoms with Crippen LogP contribution < -0.4 is 5.32 Å². The predicted molar refractivity (Wildman–Crippen MR) is 309 cm³/mol. The van der Waals surface area contributed by atoms with Crippen LogP contribution in [0.3, 0.4) is 0 Å². The molecular weight excluding hydrogens is 916 g/mol. The first-order chi connectivity index (χ1) is 34.9. The molecule has 0 radical (unpaired) electrons. The monoisotopic (exact) mass is 1020 g/mol. The van der Waals surface area contributed by atoms with E-state index in [1.54, 1.807) is 0 Å². The quantitative estimate of drug-likeness (QED) is 0.0156. The minimum Gasteiger partial charge on any atom is -0.456 e. The molecule has 2 N–H and O–H groups in total. The fraction of sp³-hybridized carbons (Fsp3) is 0.645. The number of quaternary nitrogens is 1. The van der Waals surface area contributed by atoms with Gasteiger partial charge in [-0.3, -0.25) is 18.6 Å². The molecule has 0 aliphatic heterocycles. The SMILES string of the molecule is CC\C=C/C=C/C=C/C=C\C=C\C=C\CCCCCC(=O)NC(COP(=O)(O)OCC[N+](C)(C)C)C(/C=C/CCCCCCCCCCCC)OC(=O)CCCCCC/C=C\C/C=C\C/C=C\CCCCC. The molecule has 0 saturated carbocycles. The summed E-state index contributed by atoms with van der Waals surface area (Å²) in [4.78, 5) is 37.6. The van der Waals surface area contributed by atoms with Gasteiger partial charge in [0.1, 0.15) is 19.3 Å². The molecule has 0 aliphatic rings. The molecule has 3 unspecified atom stereocenters. The fourth-order valence-corrected chi connectivity index (χ4v) is 8.12. The number of phosphoric acid groups is 1. The van der Waals surface area contributed by atoms with E-state index in [-0.39, 0.29) is 37.9 Å². The number of hydrogen-bond donors (Lipinski definition) is 2. The van der Waals surface area contributed by atoms with Crippen molar-refractivity contribution in [2.45, 2.75) is 219 Å². The molecule has 0 aromatic rings. The molecule has 10 heteroatoms. The number of hydrogen-bond acceptors (Lipinski definition) is 6. The van der Waals surface area contributed by atoms with Gasteiger partial charge in [0.15, 0.2) is 0 Å². The molecule has 0 saturated heterocycles. The van der Waals surface area contributed by atoms with Crippen molar-refractivity contribution in [3.05, 3.63) is 122 Å². The van der Waals surface area contributed by atoms with E-state index in [0.717, 1.165) is 83.5 Å². The van der Waals surface area contributed by atoms with E-state index in [0.29, 0.717) is 23.9 Å². The summed E-state index contributed by atoms with van der Waals surface area (Å²) < 4.78 is 30.6. The maximum Gasteiger partial charge on any atom is 0.472 e. The zero-order valence-corrected chi connectivity index (χ0v) is 47.5. The summed E-state index contributed by atoms with van der Waals surface area (Å²) in [6, 6.07) is -0.889. The van der Waals surface area contributed by atoms with E-state index < -0.39 is 20.0 Å². The van der Waals surface area contributed by atoms with Gasteiger partial charge in [-0.2, -0.15) is 0 Å². The third kappa shape index (κ3) is 51.3. The van der Waals surface area contributed by atoms with Crippen molar-refractivity contribution < 1.29 is 37.3 Å². The average Bonchev–Trinajstić information content (AvgIpc) is 3.34. The van der Waals surface area contributed by atoms with Crippen LogP contribution in [0.1, 0.15) is 207 Å². The van der Waals surface area contributed by atoms with Gasteiger partial charge in [0.2, 0.25) is 5.91 Å². The highest BCUT2D eigenvalue weighted by Gasteiger charge is 2.30. The molecule has 0 heterocycles. The van der Waals surface area contributed by atoms with Crippen LogP contribution in [0.2, 0.25) is 0 Å². The van der Waals surface area contributed by atoms with Gasteiger partial charge >= 0.3 is 13.8 Å². The molecule has 410 valence electrons. The number of carbonyl (C=O) groups is 2. The lowest BCUT2D eigenvalue weighted by atomic mass is 10.1. The van der Waals surface area contributed by atoms with E-state index in [2.05, 4.69) is 74.7 Å². The molecule has 0 fully saturated rings. The van der Waals surface area contributed by atoms with Crippen LogP contribution in [-0.4, -0.2) is 74.3 Å². The van der Waals surface area contributed by atoms with Crippen LogP contribution in [0.25, 0.3) is 0 Å². The number of unbranched alkanes of at least 4 members (excludes halogenated alkanes) is 20. The Morgan fingerprint density at radius 1 is 0.514 bits per heavy atom. The second kappa shape index (κ2) is 50.9. The van der Waals surface area contributed by atoms with Crippen molar-refractivity contribution in [3.63, 3.8) is 0 Å². The third-order valence-electron chi connectivity index (χ3n) is 11.8. The Morgan fingerprint density at radius 2 is 0.944 bits per heavy atom. The summed E-state index contributed by atoms with van der Waals surface area (Å²) in [7, 11) is 1.43. The molecule has 0 aromatic heterocycles. The largest absolute Gasteiger partial charge is 0.472 e. The van der Waals surface area contributed by atoms with Crippen molar-refractivity contribution in [3.8, 4) is 0 Å². The highest BCUT2D eigenvalue weighted by atomic mass is 31.2.